The molecule has 0 fully saturated rings. The lowest BCUT2D eigenvalue weighted by molar-refractivity contribution is 0.0696. The molecule has 1 heterocycles. The number of carbonyl (C=O) groups is 1. The molecule has 2 rings (SSSR count). The number of phenolic OH excluding ortho intramolecular Hbond substituents is 1. The number of carboxylic acids is 1. The molecule has 0 aliphatic rings. The van der Waals surface area contributed by atoms with Crippen LogP contribution in [0.5, 0.6) is 5.75 Å². The zero-order valence-corrected chi connectivity index (χ0v) is 9.21. The van der Waals surface area contributed by atoms with E-state index in [0.29, 0.717) is 5.56 Å². The Labute approximate surface area is 98.2 Å². The van der Waals surface area contributed by atoms with Gasteiger partial charge in [-0.1, -0.05) is 0 Å². The molecule has 0 saturated carbocycles. The molecule has 4 heteroatoms. The van der Waals surface area contributed by atoms with Gasteiger partial charge in [0.1, 0.15) is 5.75 Å². The monoisotopic (exact) mass is 229 g/mol. The minimum absolute atomic E-state index is 0.0458. The smallest absolute Gasteiger partial charge is 0.335 e. The first-order chi connectivity index (χ1) is 8.08. The van der Waals surface area contributed by atoms with E-state index in [-0.39, 0.29) is 11.3 Å². The van der Waals surface area contributed by atoms with Crippen LogP contribution in [0.1, 0.15) is 16.1 Å². The van der Waals surface area contributed by atoms with Crippen molar-refractivity contribution in [1.82, 2.24) is 4.98 Å². The highest BCUT2D eigenvalue weighted by Gasteiger charge is 2.09. The number of aromatic hydroxyl groups is 1. The Hall–Kier alpha value is -2.36. The van der Waals surface area contributed by atoms with E-state index in [0.717, 1.165) is 11.3 Å². The van der Waals surface area contributed by atoms with Crippen LogP contribution in [0.4, 0.5) is 0 Å². The first-order valence-electron chi connectivity index (χ1n) is 5.07. The molecule has 0 radical (unpaired) electrons. The standard InChI is InChI=1S/C13H11NO3/c1-8-6-9(4-5-14-8)11-3-2-10(13(16)17)7-12(11)15/h2-7,15H,1H3,(H,16,17). The van der Waals surface area contributed by atoms with Gasteiger partial charge in [0, 0.05) is 17.5 Å². The number of aromatic nitrogens is 1. The summed E-state index contributed by atoms with van der Waals surface area (Å²) in [6.45, 7) is 1.85. The normalized spacial score (nSPS) is 10.2. The molecule has 17 heavy (non-hydrogen) atoms. The lowest BCUT2D eigenvalue weighted by Gasteiger charge is -2.06. The second-order valence-corrected chi connectivity index (χ2v) is 3.72. The van der Waals surface area contributed by atoms with Crippen molar-refractivity contribution in [3.63, 3.8) is 0 Å². The second-order valence-electron chi connectivity index (χ2n) is 3.72. The predicted molar refractivity (Wildman–Crippen MR) is 63.0 cm³/mol. The van der Waals surface area contributed by atoms with Crippen LogP contribution >= 0.6 is 0 Å². The molecule has 0 amide bonds. The molecule has 2 aromatic rings. The number of hydrogen-bond donors (Lipinski definition) is 2. The van der Waals surface area contributed by atoms with Crippen molar-refractivity contribution in [2.45, 2.75) is 6.92 Å². The number of carboxylic acid groups (broad SMARTS) is 1. The third-order valence-corrected chi connectivity index (χ3v) is 2.45. The van der Waals surface area contributed by atoms with E-state index in [1.54, 1.807) is 18.3 Å². The molecular weight excluding hydrogens is 218 g/mol. The van der Waals surface area contributed by atoms with Crippen LogP contribution in [0.15, 0.2) is 36.5 Å². The second kappa shape index (κ2) is 4.25. The van der Waals surface area contributed by atoms with Gasteiger partial charge in [-0.25, -0.2) is 4.79 Å². The van der Waals surface area contributed by atoms with Crippen LogP contribution in [-0.2, 0) is 0 Å². The minimum atomic E-state index is -1.06. The van der Waals surface area contributed by atoms with Crippen LogP contribution in [0.25, 0.3) is 11.1 Å². The van der Waals surface area contributed by atoms with Crippen molar-refractivity contribution in [3.05, 3.63) is 47.8 Å². The van der Waals surface area contributed by atoms with Gasteiger partial charge in [-0.05, 0) is 42.8 Å². The summed E-state index contributed by atoms with van der Waals surface area (Å²) in [7, 11) is 0. The van der Waals surface area contributed by atoms with Crippen LogP contribution in [-0.4, -0.2) is 21.2 Å². The van der Waals surface area contributed by atoms with Gasteiger partial charge in [0.05, 0.1) is 5.56 Å². The maximum Gasteiger partial charge on any atom is 0.335 e. The Kier molecular flexibility index (Phi) is 2.78. The summed E-state index contributed by atoms with van der Waals surface area (Å²) in [5.74, 6) is -1.10. The van der Waals surface area contributed by atoms with Crippen molar-refractivity contribution < 1.29 is 15.0 Å². The van der Waals surface area contributed by atoms with Crippen LogP contribution in [0.3, 0.4) is 0 Å². The molecule has 1 aromatic carbocycles. The van der Waals surface area contributed by atoms with Crippen LogP contribution < -0.4 is 0 Å². The molecule has 0 bridgehead atoms. The summed E-state index contributed by atoms with van der Waals surface area (Å²) in [5.41, 5.74) is 2.31. The van der Waals surface area contributed by atoms with Gasteiger partial charge < -0.3 is 10.2 Å². The van der Waals surface area contributed by atoms with Crippen LogP contribution in [0.2, 0.25) is 0 Å². The molecule has 2 N–H and O–H groups in total. The molecule has 0 aliphatic heterocycles. The number of rotatable bonds is 2. The fourth-order valence-corrected chi connectivity index (χ4v) is 1.62. The highest BCUT2D eigenvalue weighted by Crippen LogP contribution is 2.29. The van der Waals surface area contributed by atoms with Gasteiger partial charge in [-0.2, -0.15) is 0 Å². The number of nitrogens with zero attached hydrogens (tertiary/aromatic N) is 1. The minimum Gasteiger partial charge on any atom is -0.507 e. The Morgan fingerprint density at radius 2 is 2.00 bits per heavy atom. The number of benzene rings is 1. The Morgan fingerprint density at radius 3 is 2.59 bits per heavy atom. The SMILES string of the molecule is Cc1cc(-c2ccc(C(=O)O)cc2O)ccn1. The third-order valence-electron chi connectivity index (χ3n) is 2.45. The highest BCUT2D eigenvalue weighted by atomic mass is 16.4. The van der Waals surface area contributed by atoms with Crippen molar-refractivity contribution in [3.8, 4) is 16.9 Å². The Balaban J connectivity index is 2.50. The van der Waals surface area contributed by atoms with Gasteiger partial charge >= 0.3 is 5.97 Å². The van der Waals surface area contributed by atoms with Crippen molar-refractivity contribution in [2.75, 3.05) is 0 Å². The maximum atomic E-state index is 10.7. The molecule has 1 aromatic heterocycles. The van der Waals surface area contributed by atoms with E-state index in [1.165, 1.54) is 12.1 Å². The van der Waals surface area contributed by atoms with E-state index in [4.69, 9.17) is 5.11 Å². The zero-order chi connectivity index (χ0) is 12.4. The number of aryl methyl sites for hydroxylation is 1. The number of pyridine rings is 1. The summed E-state index contributed by atoms with van der Waals surface area (Å²) < 4.78 is 0. The van der Waals surface area contributed by atoms with E-state index in [1.807, 2.05) is 13.0 Å². The van der Waals surface area contributed by atoms with E-state index < -0.39 is 5.97 Å². The first-order valence-corrected chi connectivity index (χ1v) is 5.07. The van der Waals surface area contributed by atoms with Gasteiger partial charge in [-0.15, -0.1) is 0 Å². The molecular formula is C13H11NO3. The van der Waals surface area contributed by atoms with Crippen molar-refractivity contribution >= 4 is 5.97 Å². The first kappa shape index (κ1) is 11.1. The lowest BCUT2D eigenvalue weighted by atomic mass is 10.0. The van der Waals surface area contributed by atoms with Gasteiger partial charge in [0.2, 0.25) is 0 Å². The fraction of sp³-hybridized carbons (Fsp3) is 0.0769. The number of hydrogen-bond acceptors (Lipinski definition) is 3. The topological polar surface area (TPSA) is 70.4 Å². The number of phenols is 1. The molecule has 0 saturated heterocycles. The largest absolute Gasteiger partial charge is 0.507 e. The molecule has 4 nitrogen and oxygen atoms in total. The fourth-order valence-electron chi connectivity index (χ4n) is 1.62. The molecule has 0 aliphatic carbocycles. The quantitative estimate of drug-likeness (QED) is 0.829. The summed E-state index contributed by atoms with van der Waals surface area (Å²) in [6, 6.07) is 7.89. The lowest BCUT2D eigenvalue weighted by Crippen LogP contribution is -1.95. The van der Waals surface area contributed by atoms with Gasteiger partial charge in [0.25, 0.3) is 0 Å². The molecule has 0 atom stereocenters. The average molecular weight is 229 g/mol. The van der Waals surface area contributed by atoms with E-state index >= 15 is 0 Å². The van der Waals surface area contributed by atoms with E-state index in [9.17, 15) is 9.90 Å². The zero-order valence-electron chi connectivity index (χ0n) is 9.21. The summed E-state index contributed by atoms with van der Waals surface area (Å²) in [4.78, 5) is 14.8. The summed E-state index contributed by atoms with van der Waals surface area (Å²) in [5, 5.41) is 18.6. The van der Waals surface area contributed by atoms with E-state index in [2.05, 4.69) is 4.98 Å². The van der Waals surface area contributed by atoms with Crippen molar-refractivity contribution in [1.29, 1.82) is 0 Å². The predicted octanol–water partition coefficient (Wildman–Crippen LogP) is 2.46. The molecule has 86 valence electrons. The summed E-state index contributed by atoms with van der Waals surface area (Å²) in [6.07, 6.45) is 1.65. The Bertz CT molecular complexity index is 579. The molecule has 0 spiro atoms. The highest BCUT2D eigenvalue weighted by molar-refractivity contribution is 5.89. The Morgan fingerprint density at radius 1 is 1.24 bits per heavy atom. The average Bonchev–Trinajstić information content (AvgIpc) is 2.28. The number of aromatic carboxylic acids is 1. The maximum absolute atomic E-state index is 10.7. The molecule has 0 unspecified atom stereocenters. The van der Waals surface area contributed by atoms with Gasteiger partial charge in [-0.3, -0.25) is 4.98 Å². The third kappa shape index (κ3) is 2.25. The van der Waals surface area contributed by atoms with Crippen molar-refractivity contribution in [2.24, 2.45) is 0 Å². The summed E-state index contributed by atoms with van der Waals surface area (Å²) >= 11 is 0. The van der Waals surface area contributed by atoms with Crippen LogP contribution in [0, 0.1) is 6.92 Å². The van der Waals surface area contributed by atoms with Gasteiger partial charge in [0.15, 0.2) is 0 Å².